The maximum Gasteiger partial charge on any atom is 1.00 e. The van der Waals surface area contributed by atoms with Gasteiger partial charge in [0.25, 0.3) is 0 Å². The largest absolute Gasteiger partial charge is 1.00 e. The normalized spacial score (nSPS) is 12.0. The van der Waals surface area contributed by atoms with Crippen LogP contribution in [0.2, 0.25) is 0 Å². The van der Waals surface area contributed by atoms with E-state index < -0.39 is 12.0 Å². The second-order valence-electron chi connectivity index (χ2n) is 9.00. The van der Waals surface area contributed by atoms with Crippen LogP contribution in [0, 0.1) is 0 Å². The van der Waals surface area contributed by atoms with E-state index in [4.69, 9.17) is 0 Å². The van der Waals surface area contributed by atoms with E-state index in [2.05, 4.69) is 17.2 Å². The summed E-state index contributed by atoms with van der Waals surface area (Å²) in [4.78, 5) is 14.9. The van der Waals surface area contributed by atoms with Crippen molar-refractivity contribution in [3.63, 3.8) is 0 Å². The minimum Gasteiger partial charge on any atom is -1.00 e. The maximum absolute atomic E-state index is 11.7. The minimum absolute atomic E-state index is 0. The first kappa shape index (κ1) is 29.2. The van der Waals surface area contributed by atoms with Gasteiger partial charge >= 0.3 is 35.5 Å². The van der Waals surface area contributed by atoms with E-state index in [0.717, 1.165) is 29.4 Å². The van der Waals surface area contributed by atoms with Crippen molar-refractivity contribution in [1.82, 2.24) is 10.3 Å². The quantitative estimate of drug-likeness (QED) is 0.219. The van der Waals surface area contributed by atoms with E-state index in [1.807, 2.05) is 30.5 Å². The smallest absolute Gasteiger partial charge is 1.00 e. The zero-order valence-corrected chi connectivity index (χ0v) is 22.6. The van der Waals surface area contributed by atoms with Crippen LogP contribution in [0.4, 0.5) is 0 Å². The van der Waals surface area contributed by atoms with E-state index in [0.29, 0.717) is 6.42 Å². The summed E-state index contributed by atoms with van der Waals surface area (Å²) in [6, 6.07) is 7.54. The molecule has 4 nitrogen and oxygen atoms in total. The first-order valence-electron chi connectivity index (χ1n) is 12.7. The topological polar surface area (TPSA) is 65.1 Å². The van der Waals surface area contributed by atoms with Gasteiger partial charge in [-0.15, -0.1) is 0 Å². The molecule has 0 unspecified atom stereocenters. The first-order valence-corrected chi connectivity index (χ1v) is 12.7. The molecule has 0 aliphatic heterocycles. The van der Waals surface area contributed by atoms with Gasteiger partial charge in [0.2, 0.25) is 0 Å². The Hall–Kier alpha value is -0.810. The minimum atomic E-state index is -0.768. The summed E-state index contributed by atoms with van der Waals surface area (Å²) < 4.78 is 0. The zero-order valence-electron chi connectivity index (χ0n) is 21.6. The Morgan fingerprint density at radius 3 is 2.00 bits per heavy atom. The molecule has 32 heavy (non-hydrogen) atoms. The van der Waals surface area contributed by atoms with Gasteiger partial charge in [-0.3, -0.25) is 4.79 Å². The molecule has 2 aromatic rings. The third-order valence-electron chi connectivity index (χ3n) is 6.32. The number of carboxylic acid groups (broad SMARTS) is 1. The number of unbranched alkanes of at least 4 members (excludes halogenated alkanes) is 13. The molecule has 176 valence electrons. The molecule has 0 saturated heterocycles. The predicted molar refractivity (Wildman–Crippen MR) is 133 cm³/mol. The number of carboxylic acids is 1. The number of carbonyl (C=O) groups is 1. The molecule has 3 N–H and O–H groups in total. The second-order valence-corrected chi connectivity index (χ2v) is 9.00. The number of para-hydroxylation sites is 1. The van der Waals surface area contributed by atoms with Gasteiger partial charge in [0, 0.05) is 23.5 Å². The molecule has 1 atom stereocenters. The number of fused-ring (bicyclic) bond motifs is 1. The molecule has 5 heteroatoms. The van der Waals surface area contributed by atoms with Gasteiger partial charge in [0.05, 0.1) is 0 Å². The Kier molecular flexibility index (Phi) is 17.0. The molecule has 1 aromatic heterocycles. The van der Waals surface area contributed by atoms with Gasteiger partial charge in [-0.25, -0.2) is 0 Å². The van der Waals surface area contributed by atoms with Crippen LogP contribution in [0.3, 0.4) is 0 Å². The van der Waals surface area contributed by atoms with Crippen molar-refractivity contribution in [2.75, 3.05) is 6.54 Å². The Bertz CT molecular complexity index is 738. The third kappa shape index (κ3) is 11.9. The SMILES string of the molecule is CCCCCCCCCCCCCCCCN[C@@H](Cc1c[nH]c2ccccc12)C(=O)O.[H-].[Na+]. The summed E-state index contributed by atoms with van der Waals surface area (Å²) in [6.07, 6.45) is 21.2. The molecular formula is C27H45N2NaO2. The van der Waals surface area contributed by atoms with Crippen LogP contribution in [-0.4, -0.2) is 28.6 Å². The Balaban J connectivity index is 0.00000512. The number of rotatable bonds is 19. The van der Waals surface area contributed by atoms with E-state index in [9.17, 15) is 9.90 Å². The van der Waals surface area contributed by atoms with Crippen molar-refractivity contribution in [3.8, 4) is 0 Å². The molecular weight excluding hydrogens is 407 g/mol. The number of nitrogens with one attached hydrogen (secondary N) is 2. The predicted octanol–water partition coefficient (Wildman–Crippen LogP) is 4.35. The van der Waals surface area contributed by atoms with Crippen LogP contribution in [0.1, 0.15) is 104 Å². The van der Waals surface area contributed by atoms with E-state index in [-0.39, 0.29) is 31.0 Å². The van der Waals surface area contributed by atoms with Gasteiger partial charge in [-0.2, -0.15) is 0 Å². The van der Waals surface area contributed by atoms with E-state index >= 15 is 0 Å². The number of aromatic amines is 1. The summed E-state index contributed by atoms with van der Waals surface area (Å²) in [6.45, 7) is 3.05. The van der Waals surface area contributed by atoms with Crippen molar-refractivity contribution in [2.24, 2.45) is 0 Å². The monoisotopic (exact) mass is 452 g/mol. The van der Waals surface area contributed by atoms with Gasteiger partial charge in [0.15, 0.2) is 0 Å². The van der Waals surface area contributed by atoms with Crippen LogP contribution in [0.25, 0.3) is 10.9 Å². The molecule has 1 heterocycles. The molecule has 0 radical (unpaired) electrons. The number of benzene rings is 1. The number of H-pyrrole nitrogens is 1. The van der Waals surface area contributed by atoms with Crippen LogP contribution >= 0.6 is 0 Å². The Morgan fingerprint density at radius 1 is 0.906 bits per heavy atom. The average Bonchev–Trinajstić information content (AvgIpc) is 3.18. The molecule has 0 saturated carbocycles. The van der Waals surface area contributed by atoms with E-state index in [1.165, 1.54) is 83.5 Å². The standard InChI is InChI=1S/C27H44N2O2.Na.H/c1-2-3-4-5-6-7-8-9-10-11-12-13-14-17-20-28-26(27(30)31)21-23-22-29-25-19-16-15-18-24(23)25;;/h15-16,18-19,22,26,28-29H,2-14,17,20-21H2,1H3,(H,30,31);;/q;+1;-1/t26-;;/m0../s1. The molecule has 2 rings (SSSR count). The van der Waals surface area contributed by atoms with Crippen molar-refractivity contribution in [3.05, 3.63) is 36.0 Å². The van der Waals surface area contributed by atoms with Crippen molar-refractivity contribution >= 4 is 16.9 Å². The summed E-state index contributed by atoms with van der Waals surface area (Å²) in [5, 5.41) is 14.0. The summed E-state index contributed by atoms with van der Waals surface area (Å²) in [5.41, 5.74) is 2.13. The third-order valence-corrected chi connectivity index (χ3v) is 6.32. The van der Waals surface area contributed by atoms with Crippen molar-refractivity contribution in [1.29, 1.82) is 0 Å². The zero-order chi connectivity index (χ0) is 22.2. The molecule has 0 aliphatic carbocycles. The fourth-order valence-corrected chi connectivity index (χ4v) is 4.36. The average molecular weight is 453 g/mol. The molecule has 0 fully saturated rings. The Labute approximate surface area is 219 Å². The number of aromatic nitrogens is 1. The van der Waals surface area contributed by atoms with Crippen molar-refractivity contribution in [2.45, 2.75) is 109 Å². The van der Waals surface area contributed by atoms with Crippen LogP contribution < -0.4 is 34.9 Å². The van der Waals surface area contributed by atoms with Gasteiger partial charge in [-0.1, -0.05) is 109 Å². The number of hydrogen-bond donors (Lipinski definition) is 3. The number of aliphatic carboxylic acids is 1. The summed E-state index contributed by atoms with van der Waals surface area (Å²) in [5.74, 6) is -0.768. The molecule has 0 amide bonds. The maximum atomic E-state index is 11.7. The van der Waals surface area contributed by atoms with Gasteiger partial charge in [-0.05, 0) is 24.6 Å². The molecule has 0 bridgehead atoms. The van der Waals surface area contributed by atoms with E-state index in [1.54, 1.807) is 0 Å². The fourth-order valence-electron chi connectivity index (χ4n) is 4.36. The van der Waals surface area contributed by atoms with Gasteiger partial charge in [0.1, 0.15) is 6.04 Å². The summed E-state index contributed by atoms with van der Waals surface area (Å²) in [7, 11) is 0. The van der Waals surface area contributed by atoms with Gasteiger partial charge < -0.3 is 16.8 Å². The van der Waals surface area contributed by atoms with Crippen LogP contribution in [-0.2, 0) is 11.2 Å². The second kappa shape index (κ2) is 18.6. The van der Waals surface area contributed by atoms with Crippen molar-refractivity contribution < 1.29 is 40.9 Å². The first-order chi connectivity index (χ1) is 15.2. The fraction of sp³-hybridized carbons (Fsp3) is 0.667. The van der Waals surface area contributed by atoms with Crippen LogP contribution in [0.5, 0.6) is 0 Å². The summed E-state index contributed by atoms with van der Waals surface area (Å²) >= 11 is 0. The van der Waals surface area contributed by atoms with Crippen LogP contribution in [0.15, 0.2) is 30.5 Å². The molecule has 0 aliphatic rings. The Morgan fingerprint density at radius 2 is 1.44 bits per heavy atom. The molecule has 1 aromatic carbocycles. The molecule has 0 spiro atoms. The number of hydrogen-bond acceptors (Lipinski definition) is 2.